The summed E-state index contributed by atoms with van der Waals surface area (Å²) in [5.74, 6) is 0.0144. The maximum atomic E-state index is 11.0. The fraction of sp³-hybridized carbons (Fsp3) is 0.222. The minimum Gasteiger partial charge on any atom is -0.348 e. The Balaban J connectivity index is 2.95. The SMILES string of the molecule is C=C/C=C1/CNC(=O)/C1=C/C. The van der Waals surface area contributed by atoms with E-state index in [0.29, 0.717) is 6.54 Å². The second kappa shape index (κ2) is 3.19. The quantitative estimate of drug-likeness (QED) is 0.557. The topological polar surface area (TPSA) is 29.1 Å². The van der Waals surface area contributed by atoms with E-state index in [2.05, 4.69) is 11.9 Å². The molecule has 1 fully saturated rings. The zero-order valence-corrected chi connectivity index (χ0v) is 6.55. The monoisotopic (exact) mass is 149 g/mol. The van der Waals surface area contributed by atoms with E-state index in [9.17, 15) is 4.79 Å². The Kier molecular flexibility index (Phi) is 2.26. The smallest absolute Gasteiger partial charge is 0.251 e. The zero-order valence-electron chi connectivity index (χ0n) is 6.55. The second-order valence-electron chi connectivity index (χ2n) is 2.31. The van der Waals surface area contributed by atoms with Gasteiger partial charge in [0, 0.05) is 12.1 Å². The maximum absolute atomic E-state index is 11.0. The largest absolute Gasteiger partial charge is 0.348 e. The van der Waals surface area contributed by atoms with Gasteiger partial charge in [-0.05, 0) is 12.5 Å². The molecule has 0 atom stereocenters. The van der Waals surface area contributed by atoms with E-state index < -0.39 is 0 Å². The Morgan fingerprint density at radius 2 is 2.36 bits per heavy atom. The molecule has 58 valence electrons. The summed E-state index contributed by atoms with van der Waals surface area (Å²) >= 11 is 0. The van der Waals surface area contributed by atoms with Crippen LogP contribution in [-0.4, -0.2) is 12.5 Å². The molecule has 1 aliphatic heterocycles. The molecule has 1 heterocycles. The molecule has 2 heteroatoms. The van der Waals surface area contributed by atoms with Gasteiger partial charge in [-0.25, -0.2) is 0 Å². The fourth-order valence-corrected chi connectivity index (χ4v) is 1.12. The summed E-state index contributed by atoms with van der Waals surface area (Å²) in [6.45, 7) is 6.06. The molecular formula is C9H11NO. The van der Waals surface area contributed by atoms with E-state index in [4.69, 9.17) is 0 Å². The fourth-order valence-electron chi connectivity index (χ4n) is 1.12. The van der Waals surface area contributed by atoms with Gasteiger partial charge in [-0.2, -0.15) is 0 Å². The Bertz CT molecular complexity index is 248. The summed E-state index contributed by atoms with van der Waals surface area (Å²) in [5, 5.41) is 2.73. The van der Waals surface area contributed by atoms with E-state index in [-0.39, 0.29) is 5.91 Å². The molecule has 2 nitrogen and oxygen atoms in total. The molecule has 0 saturated carbocycles. The van der Waals surface area contributed by atoms with Crippen molar-refractivity contribution < 1.29 is 4.79 Å². The molecular weight excluding hydrogens is 138 g/mol. The van der Waals surface area contributed by atoms with E-state index in [0.717, 1.165) is 11.1 Å². The van der Waals surface area contributed by atoms with Crippen LogP contribution in [0.5, 0.6) is 0 Å². The number of allylic oxidation sites excluding steroid dienone is 3. The molecule has 1 amide bonds. The van der Waals surface area contributed by atoms with E-state index in [1.807, 2.05) is 19.1 Å². The zero-order chi connectivity index (χ0) is 8.27. The first kappa shape index (κ1) is 7.79. The van der Waals surface area contributed by atoms with Gasteiger partial charge in [-0.1, -0.05) is 24.8 Å². The third kappa shape index (κ3) is 1.40. The second-order valence-corrected chi connectivity index (χ2v) is 2.31. The predicted molar refractivity (Wildman–Crippen MR) is 45.0 cm³/mol. The minimum atomic E-state index is 0.0144. The molecule has 1 rings (SSSR count). The summed E-state index contributed by atoms with van der Waals surface area (Å²) in [5.41, 5.74) is 1.79. The van der Waals surface area contributed by atoms with E-state index in [1.165, 1.54) is 0 Å². The van der Waals surface area contributed by atoms with E-state index >= 15 is 0 Å². The Labute approximate surface area is 66.3 Å². The molecule has 0 aromatic carbocycles. The molecule has 0 bridgehead atoms. The van der Waals surface area contributed by atoms with Gasteiger partial charge in [-0.15, -0.1) is 0 Å². The average Bonchev–Trinajstić information content (AvgIpc) is 2.33. The number of carbonyl (C=O) groups is 1. The summed E-state index contributed by atoms with van der Waals surface area (Å²) in [6.07, 6.45) is 5.37. The Hall–Kier alpha value is -1.31. The van der Waals surface area contributed by atoms with Crippen molar-refractivity contribution in [1.29, 1.82) is 0 Å². The van der Waals surface area contributed by atoms with Crippen molar-refractivity contribution in [2.45, 2.75) is 6.92 Å². The van der Waals surface area contributed by atoms with Gasteiger partial charge >= 0.3 is 0 Å². The molecule has 1 N–H and O–H groups in total. The van der Waals surface area contributed by atoms with Gasteiger partial charge in [-0.3, -0.25) is 4.79 Å². The number of nitrogens with one attached hydrogen (secondary N) is 1. The lowest BCUT2D eigenvalue weighted by Crippen LogP contribution is -2.13. The number of rotatable bonds is 1. The molecule has 1 aliphatic rings. The van der Waals surface area contributed by atoms with Crippen LogP contribution < -0.4 is 5.32 Å². The van der Waals surface area contributed by atoms with Crippen molar-refractivity contribution >= 4 is 5.91 Å². The van der Waals surface area contributed by atoms with Crippen molar-refractivity contribution in [3.05, 3.63) is 36.0 Å². The average molecular weight is 149 g/mol. The first-order chi connectivity index (χ1) is 5.29. The molecule has 0 radical (unpaired) electrons. The van der Waals surface area contributed by atoms with Crippen LogP contribution in [0.15, 0.2) is 36.0 Å². The molecule has 1 saturated heterocycles. The van der Waals surface area contributed by atoms with Crippen molar-refractivity contribution in [2.75, 3.05) is 6.54 Å². The number of hydrogen-bond acceptors (Lipinski definition) is 1. The lowest BCUT2D eigenvalue weighted by atomic mass is 10.1. The first-order valence-electron chi connectivity index (χ1n) is 3.56. The highest BCUT2D eigenvalue weighted by molar-refractivity contribution is 6.01. The standard InChI is InChI=1S/C9H11NO/c1-3-5-7-6-10-9(11)8(7)4-2/h3-5H,1,6H2,2H3,(H,10,11)/b7-5-,8-4+. The predicted octanol–water partition coefficient (Wildman–Crippen LogP) is 1.17. The summed E-state index contributed by atoms with van der Waals surface area (Å²) in [7, 11) is 0. The van der Waals surface area contributed by atoms with Crippen LogP contribution in [0.25, 0.3) is 0 Å². The van der Waals surface area contributed by atoms with Gasteiger partial charge in [0.25, 0.3) is 5.91 Å². The molecule has 0 aromatic heterocycles. The number of carbonyl (C=O) groups excluding carboxylic acids is 1. The van der Waals surface area contributed by atoms with Crippen LogP contribution in [0.2, 0.25) is 0 Å². The van der Waals surface area contributed by atoms with Crippen LogP contribution in [0.1, 0.15) is 6.92 Å². The summed E-state index contributed by atoms with van der Waals surface area (Å²) in [4.78, 5) is 11.0. The van der Waals surface area contributed by atoms with Gasteiger partial charge in [0.15, 0.2) is 0 Å². The lowest BCUT2D eigenvalue weighted by molar-refractivity contribution is -0.116. The van der Waals surface area contributed by atoms with E-state index in [1.54, 1.807) is 6.08 Å². The van der Waals surface area contributed by atoms with Crippen molar-refractivity contribution in [1.82, 2.24) is 5.32 Å². The first-order valence-corrected chi connectivity index (χ1v) is 3.56. The maximum Gasteiger partial charge on any atom is 0.251 e. The van der Waals surface area contributed by atoms with Crippen molar-refractivity contribution in [3.8, 4) is 0 Å². The van der Waals surface area contributed by atoms with Crippen molar-refractivity contribution in [2.24, 2.45) is 0 Å². The molecule has 11 heavy (non-hydrogen) atoms. The van der Waals surface area contributed by atoms with Crippen LogP contribution >= 0.6 is 0 Å². The third-order valence-electron chi connectivity index (χ3n) is 1.64. The van der Waals surface area contributed by atoms with Crippen LogP contribution in [0.4, 0.5) is 0 Å². The highest BCUT2D eigenvalue weighted by Gasteiger charge is 2.19. The molecule has 0 aliphatic carbocycles. The van der Waals surface area contributed by atoms with Crippen LogP contribution in [-0.2, 0) is 4.79 Å². The highest BCUT2D eigenvalue weighted by Crippen LogP contribution is 2.14. The Morgan fingerprint density at radius 1 is 1.64 bits per heavy atom. The summed E-state index contributed by atoms with van der Waals surface area (Å²) < 4.78 is 0. The van der Waals surface area contributed by atoms with Gasteiger partial charge in [0.2, 0.25) is 0 Å². The lowest BCUT2D eigenvalue weighted by Gasteiger charge is -1.91. The number of amides is 1. The van der Waals surface area contributed by atoms with Crippen molar-refractivity contribution in [3.63, 3.8) is 0 Å². The Morgan fingerprint density at radius 3 is 2.91 bits per heavy atom. The molecule has 0 aromatic rings. The normalized spacial score (nSPS) is 24.3. The molecule has 0 spiro atoms. The van der Waals surface area contributed by atoms with Gasteiger partial charge in [0.1, 0.15) is 0 Å². The highest BCUT2D eigenvalue weighted by atomic mass is 16.2. The molecule has 0 unspecified atom stereocenters. The van der Waals surface area contributed by atoms with Crippen LogP contribution in [0, 0.1) is 0 Å². The van der Waals surface area contributed by atoms with Crippen LogP contribution in [0.3, 0.4) is 0 Å². The summed E-state index contributed by atoms with van der Waals surface area (Å²) in [6, 6.07) is 0. The number of hydrogen-bond donors (Lipinski definition) is 1. The minimum absolute atomic E-state index is 0.0144. The van der Waals surface area contributed by atoms with Gasteiger partial charge < -0.3 is 5.32 Å². The van der Waals surface area contributed by atoms with Gasteiger partial charge in [0.05, 0.1) is 0 Å². The third-order valence-corrected chi connectivity index (χ3v) is 1.64.